The Morgan fingerprint density at radius 3 is 2.78 bits per heavy atom. The van der Waals surface area contributed by atoms with Crippen LogP contribution in [0.25, 0.3) is 0 Å². The summed E-state index contributed by atoms with van der Waals surface area (Å²) in [5.74, 6) is 0. The molecule has 92 valence electrons. The number of nitrogens with two attached hydrogens (primary N) is 1. The van der Waals surface area contributed by atoms with Crippen molar-refractivity contribution in [1.82, 2.24) is 4.73 Å². The molecule has 2 rings (SSSR count). The maximum Gasteiger partial charge on any atom is 0.189 e. The van der Waals surface area contributed by atoms with E-state index in [1.807, 2.05) is 0 Å². The molecule has 18 heavy (non-hydrogen) atoms. The van der Waals surface area contributed by atoms with Gasteiger partial charge in [-0.1, -0.05) is 6.07 Å². The SMILES string of the molecule is CC1=CC(=NN=c2ccccn2O)C(N)=CC1=N. The molecule has 1 aromatic rings. The van der Waals surface area contributed by atoms with Crippen molar-refractivity contribution in [2.45, 2.75) is 6.92 Å². The second kappa shape index (κ2) is 4.70. The lowest BCUT2D eigenvalue weighted by Crippen LogP contribution is -2.19. The summed E-state index contributed by atoms with van der Waals surface area (Å²) in [6, 6.07) is 5.03. The average molecular weight is 243 g/mol. The molecule has 4 N–H and O–H groups in total. The summed E-state index contributed by atoms with van der Waals surface area (Å²) in [4.78, 5) is 0. The minimum Gasteiger partial charge on any atom is -0.427 e. The van der Waals surface area contributed by atoms with Gasteiger partial charge in [-0.15, -0.1) is 10.2 Å². The van der Waals surface area contributed by atoms with Gasteiger partial charge >= 0.3 is 0 Å². The summed E-state index contributed by atoms with van der Waals surface area (Å²) in [7, 11) is 0. The van der Waals surface area contributed by atoms with Crippen molar-refractivity contribution in [3.05, 3.63) is 53.3 Å². The van der Waals surface area contributed by atoms with Gasteiger partial charge in [-0.25, -0.2) is 0 Å². The van der Waals surface area contributed by atoms with Gasteiger partial charge in [0, 0.05) is 6.20 Å². The van der Waals surface area contributed by atoms with Crippen LogP contribution in [0.2, 0.25) is 0 Å². The van der Waals surface area contributed by atoms with Gasteiger partial charge in [0.2, 0.25) is 0 Å². The quantitative estimate of drug-likeness (QED) is 0.386. The first-order valence-electron chi connectivity index (χ1n) is 5.31. The smallest absolute Gasteiger partial charge is 0.189 e. The Morgan fingerprint density at radius 1 is 1.28 bits per heavy atom. The van der Waals surface area contributed by atoms with E-state index >= 15 is 0 Å². The van der Waals surface area contributed by atoms with Crippen LogP contribution in [0.3, 0.4) is 0 Å². The molecule has 0 saturated carbocycles. The van der Waals surface area contributed by atoms with Crippen LogP contribution in [0, 0.1) is 5.41 Å². The van der Waals surface area contributed by atoms with Gasteiger partial charge in [0.05, 0.1) is 11.4 Å². The molecular formula is C12H13N5O. The third-order valence-electron chi connectivity index (χ3n) is 2.45. The first kappa shape index (κ1) is 11.8. The van der Waals surface area contributed by atoms with Gasteiger partial charge < -0.3 is 16.4 Å². The van der Waals surface area contributed by atoms with E-state index in [-0.39, 0.29) is 0 Å². The number of hydrogen-bond donors (Lipinski definition) is 3. The second-order valence-corrected chi connectivity index (χ2v) is 3.83. The van der Waals surface area contributed by atoms with E-state index in [0.29, 0.717) is 22.6 Å². The molecule has 0 unspecified atom stereocenters. The van der Waals surface area contributed by atoms with E-state index in [4.69, 9.17) is 11.1 Å². The molecule has 1 aliphatic carbocycles. The van der Waals surface area contributed by atoms with E-state index in [1.165, 1.54) is 12.3 Å². The normalized spacial score (nSPS) is 18.8. The number of rotatable bonds is 1. The van der Waals surface area contributed by atoms with Crippen molar-refractivity contribution >= 4 is 11.4 Å². The number of allylic oxidation sites excluding steroid dienone is 3. The fraction of sp³-hybridized carbons (Fsp3) is 0.0833. The molecule has 0 radical (unpaired) electrons. The summed E-state index contributed by atoms with van der Waals surface area (Å²) in [5.41, 5.74) is 8.04. The molecule has 1 heterocycles. The second-order valence-electron chi connectivity index (χ2n) is 3.83. The maximum atomic E-state index is 9.46. The van der Waals surface area contributed by atoms with E-state index in [1.54, 1.807) is 31.2 Å². The zero-order chi connectivity index (χ0) is 13.1. The number of nitrogens with one attached hydrogen (secondary N) is 1. The fourth-order valence-electron chi connectivity index (χ4n) is 1.41. The lowest BCUT2D eigenvalue weighted by molar-refractivity contribution is 0.171. The monoisotopic (exact) mass is 243 g/mol. The minimum absolute atomic E-state index is 0.296. The molecule has 0 aliphatic heterocycles. The van der Waals surface area contributed by atoms with Crippen LogP contribution in [-0.2, 0) is 0 Å². The molecule has 0 spiro atoms. The lowest BCUT2D eigenvalue weighted by Gasteiger charge is -2.09. The maximum absolute atomic E-state index is 9.46. The van der Waals surface area contributed by atoms with Crippen molar-refractivity contribution in [2.24, 2.45) is 15.9 Å². The molecule has 0 aromatic carbocycles. The van der Waals surface area contributed by atoms with E-state index in [2.05, 4.69) is 10.2 Å². The van der Waals surface area contributed by atoms with Crippen LogP contribution in [0.15, 0.2) is 58.0 Å². The minimum atomic E-state index is 0.296. The molecule has 0 amide bonds. The van der Waals surface area contributed by atoms with Crippen LogP contribution in [-0.4, -0.2) is 21.4 Å². The van der Waals surface area contributed by atoms with Gasteiger partial charge in [-0.2, -0.15) is 4.73 Å². The highest BCUT2D eigenvalue weighted by atomic mass is 16.5. The highest BCUT2D eigenvalue weighted by Gasteiger charge is 2.10. The summed E-state index contributed by atoms with van der Waals surface area (Å²) in [6.07, 6.45) is 4.67. The zero-order valence-corrected chi connectivity index (χ0v) is 9.83. The van der Waals surface area contributed by atoms with Crippen molar-refractivity contribution < 1.29 is 5.21 Å². The van der Waals surface area contributed by atoms with E-state index < -0.39 is 0 Å². The Hall–Kier alpha value is -2.63. The topological polar surface area (TPSA) is 99.8 Å². The van der Waals surface area contributed by atoms with Gasteiger partial charge in [-0.3, -0.25) is 0 Å². The molecule has 1 aromatic heterocycles. The van der Waals surface area contributed by atoms with Crippen molar-refractivity contribution in [3.63, 3.8) is 0 Å². The summed E-state index contributed by atoms with van der Waals surface area (Å²) >= 11 is 0. The van der Waals surface area contributed by atoms with Crippen LogP contribution < -0.4 is 11.2 Å². The largest absolute Gasteiger partial charge is 0.427 e. The highest BCUT2D eigenvalue weighted by Crippen LogP contribution is 2.08. The number of pyridine rings is 1. The van der Waals surface area contributed by atoms with E-state index in [9.17, 15) is 5.21 Å². The van der Waals surface area contributed by atoms with Gasteiger partial charge in [-0.05, 0) is 36.8 Å². The fourth-order valence-corrected chi connectivity index (χ4v) is 1.41. The van der Waals surface area contributed by atoms with Crippen molar-refractivity contribution in [3.8, 4) is 0 Å². The standard InChI is InChI=1S/C12H13N5O/c1-8-6-11(10(14)7-9(8)13)15-16-12-4-2-3-5-17(12)18/h2-7,13,18H,14H2,1H3. The Morgan fingerprint density at radius 2 is 2.06 bits per heavy atom. The third kappa shape index (κ3) is 2.37. The number of nitrogens with zero attached hydrogens (tertiary/aromatic N) is 3. The first-order valence-corrected chi connectivity index (χ1v) is 5.31. The molecule has 6 heteroatoms. The van der Waals surface area contributed by atoms with Gasteiger partial charge in [0.1, 0.15) is 5.71 Å². The van der Waals surface area contributed by atoms with Crippen LogP contribution in [0.1, 0.15) is 6.92 Å². The molecular weight excluding hydrogens is 230 g/mol. The molecule has 6 nitrogen and oxygen atoms in total. The van der Waals surface area contributed by atoms with Crippen molar-refractivity contribution in [1.29, 1.82) is 5.41 Å². The van der Waals surface area contributed by atoms with Crippen LogP contribution in [0.5, 0.6) is 0 Å². The highest BCUT2D eigenvalue weighted by molar-refractivity contribution is 6.22. The van der Waals surface area contributed by atoms with Gasteiger partial charge in [0.25, 0.3) is 0 Å². The Balaban J connectivity index is 2.42. The zero-order valence-electron chi connectivity index (χ0n) is 9.83. The Bertz CT molecular complexity index is 648. The molecule has 1 aliphatic rings. The Kier molecular flexibility index (Phi) is 3.09. The number of aromatic nitrogens is 1. The summed E-state index contributed by atoms with van der Waals surface area (Å²) < 4.78 is 0.866. The predicted molar refractivity (Wildman–Crippen MR) is 68.4 cm³/mol. The van der Waals surface area contributed by atoms with Crippen molar-refractivity contribution in [2.75, 3.05) is 0 Å². The van der Waals surface area contributed by atoms with Gasteiger partial charge in [0.15, 0.2) is 5.49 Å². The Labute approximate surface area is 104 Å². The predicted octanol–water partition coefficient (Wildman–Crippen LogP) is 0.804. The summed E-state index contributed by atoms with van der Waals surface area (Å²) in [6.45, 7) is 1.80. The first-order chi connectivity index (χ1) is 8.58. The van der Waals surface area contributed by atoms with E-state index in [0.717, 1.165) is 10.3 Å². The summed E-state index contributed by atoms with van der Waals surface area (Å²) in [5, 5.41) is 24.9. The molecule has 0 saturated heterocycles. The molecule has 0 bridgehead atoms. The number of hydrogen-bond acceptors (Lipinski definition) is 5. The molecule has 0 fully saturated rings. The van der Waals surface area contributed by atoms with Crippen LogP contribution in [0.4, 0.5) is 0 Å². The average Bonchev–Trinajstić information content (AvgIpc) is 2.34. The van der Waals surface area contributed by atoms with Crippen LogP contribution >= 0.6 is 0 Å². The molecule has 0 atom stereocenters. The third-order valence-corrected chi connectivity index (χ3v) is 2.45. The lowest BCUT2D eigenvalue weighted by atomic mass is 10.0.